The average Bonchev–Trinajstić information content (AvgIpc) is 2.42. The van der Waals surface area contributed by atoms with E-state index in [9.17, 15) is 4.79 Å². The standard InChI is InChI=1S/C16H16ClNO/c1-16(18,13-5-3-2-4-6-13)15(19)11-12-7-9-14(17)10-8-12/h2-10H,11,18H2,1H3. The van der Waals surface area contributed by atoms with Gasteiger partial charge in [0, 0.05) is 11.4 Å². The van der Waals surface area contributed by atoms with E-state index in [0.717, 1.165) is 11.1 Å². The highest BCUT2D eigenvalue weighted by Gasteiger charge is 2.29. The lowest BCUT2D eigenvalue weighted by Crippen LogP contribution is -2.42. The zero-order chi connectivity index (χ0) is 13.9. The monoisotopic (exact) mass is 273 g/mol. The summed E-state index contributed by atoms with van der Waals surface area (Å²) in [6.07, 6.45) is 0.305. The number of rotatable bonds is 4. The van der Waals surface area contributed by atoms with Crippen LogP contribution in [0.1, 0.15) is 18.1 Å². The summed E-state index contributed by atoms with van der Waals surface area (Å²) in [6.45, 7) is 1.75. The van der Waals surface area contributed by atoms with Crippen LogP contribution in [0.25, 0.3) is 0 Å². The second-order valence-corrected chi connectivity index (χ2v) is 5.23. The summed E-state index contributed by atoms with van der Waals surface area (Å²) in [6, 6.07) is 16.7. The maximum atomic E-state index is 12.4. The van der Waals surface area contributed by atoms with Gasteiger partial charge in [-0.3, -0.25) is 4.79 Å². The predicted molar refractivity (Wildman–Crippen MR) is 78.1 cm³/mol. The summed E-state index contributed by atoms with van der Waals surface area (Å²) in [5.41, 5.74) is 6.96. The Morgan fingerprint density at radius 2 is 1.68 bits per heavy atom. The predicted octanol–water partition coefficient (Wildman–Crippen LogP) is 3.33. The van der Waals surface area contributed by atoms with Gasteiger partial charge in [-0.2, -0.15) is 0 Å². The molecule has 0 saturated heterocycles. The molecule has 2 rings (SSSR count). The minimum absolute atomic E-state index is 0.0129. The lowest BCUT2D eigenvalue weighted by Gasteiger charge is -2.23. The van der Waals surface area contributed by atoms with Crippen LogP contribution in [0, 0.1) is 0 Å². The fourth-order valence-electron chi connectivity index (χ4n) is 1.92. The number of nitrogens with two attached hydrogens (primary N) is 1. The first-order valence-electron chi connectivity index (χ1n) is 6.12. The summed E-state index contributed by atoms with van der Waals surface area (Å²) < 4.78 is 0. The second-order valence-electron chi connectivity index (χ2n) is 4.79. The molecule has 98 valence electrons. The third kappa shape index (κ3) is 3.22. The van der Waals surface area contributed by atoms with Crippen molar-refractivity contribution in [2.75, 3.05) is 0 Å². The van der Waals surface area contributed by atoms with Crippen LogP contribution < -0.4 is 5.73 Å². The van der Waals surface area contributed by atoms with Gasteiger partial charge in [-0.25, -0.2) is 0 Å². The Morgan fingerprint density at radius 1 is 1.11 bits per heavy atom. The molecule has 0 fully saturated rings. The molecule has 1 atom stereocenters. The molecule has 19 heavy (non-hydrogen) atoms. The minimum atomic E-state index is -0.971. The molecule has 2 N–H and O–H groups in total. The van der Waals surface area contributed by atoms with Gasteiger partial charge in [0.15, 0.2) is 5.78 Å². The van der Waals surface area contributed by atoms with Crippen LogP contribution in [-0.2, 0) is 16.8 Å². The molecule has 1 unspecified atom stereocenters. The number of benzene rings is 2. The van der Waals surface area contributed by atoms with E-state index in [2.05, 4.69) is 0 Å². The zero-order valence-electron chi connectivity index (χ0n) is 10.8. The molecule has 0 heterocycles. The molecule has 0 spiro atoms. The number of hydrogen-bond acceptors (Lipinski definition) is 2. The number of Topliss-reactive ketones (excluding diaryl/α,β-unsaturated/α-hetero) is 1. The van der Waals surface area contributed by atoms with Crippen LogP contribution in [0.5, 0.6) is 0 Å². The Hall–Kier alpha value is -1.64. The molecule has 2 aromatic carbocycles. The van der Waals surface area contributed by atoms with Crippen molar-refractivity contribution >= 4 is 17.4 Å². The van der Waals surface area contributed by atoms with Gasteiger partial charge in [0.1, 0.15) is 0 Å². The van der Waals surface area contributed by atoms with E-state index in [1.54, 1.807) is 19.1 Å². The van der Waals surface area contributed by atoms with E-state index in [4.69, 9.17) is 17.3 Å². The fraction of sp³-hybridized carbons (Fsp3) is 0.188. The highest BCUT2D eigenvalue weighted by atomic mass is 35.5. The largest absolute Gasteiger partial charge is 0.315 e. The van der Waals surface area contributed by atoms with Crippen LogP contribution in [0.4, 0.5) is 0 Å². The van der Waals surface area contributed by atoms with Gasteiger partial charge in [0.2, 0.25) is 0 Å². The Bertz CT molecular complexity index is 561. The van der Waals surface area contributed by atoms with Gasteiger partial charge in [-0.05, 0) is 30.2 Å². The van der Waals surface area contributed by atoms with Crippen molar-refractivity contribution in [2.24, 2.45) is 5.73 Å². The summed E-state index contributed by atoms with van der Waals surface area (Å²) in [4.78, 5) is 12.4. The lowest BCUT2D eigenvalue weighted by atomic mass is 9.86. The molecular weight excluding hydrogens is 258 g/mol. The molecule has 2 aromatic rings. The molecule has 0 saturated carbocycles. The Balaban J connectivity index is 2.17. The summed E-state index contributed by atoms with van der Waals surface area (Å²) >= 11 is 5.82. The summed E-state index contributed by atoms with van der Waals surface area (Å²) in [7, 11) is 0. The van der Waals surface area contributed by atoms with Crippen molar-refractivity contribution in [3.8, 4) is 0 Å². The molecule has 0 bridgehead atoms. The average molecular weight is 274 g/mol. The topological polar surface area (TPSA) is 43.1 Å². The van der Waals surface area contributed by atoms with Gasteiger partial charge in [-0.1, -0.05) is 54.1 Å². The third-order valence-electron chi connectivity index (χ3n) is 3.23. The first kappa shape index (κ1) is 13.8. The van der Waals surface area contributed by atoms with E-state index in [-0.39, 0.29) is 5.78 Å². The smallest absolute Gasteiger partial charge is 0.161 e. The highest BCUT2D eigenvalue weighted by molar-refractivity contribution is 6.30. The van der Waals surface area contributed by atoms with Crippen molar-refractivity contribution in [3.63, 3.8) is 0 Å². The zero-order valence-corrected chi connectivity index (χ0v) is 11.5. The van der Waals surface area contributed by atoms with Crippen LogP contribution in [0.2, 0.25) is 5.02 Å². The van der Waals surface area contributed by atoms with E-state index in [0.29, 0.717) is 11.4 Å². The van der Waals surface area contributed by atoms with Crippen LogP contribution >= 0.6 is 11.6 Å². The number of carbonyl (C=O) groups excluding carboxylic acids is 1. The summed E-state index contributed by atoms with van der Waals surface area (Å²) in [5.74, 6) is -0.0129. The SMILES string of the molecule is CC(N)(C(=O)Cc1ccc(Cl)cc1)c1ccccc1. The Labute approximate surface area is 118 Å². The van der Waals surface area contributed by atoms with Crippen molar-refractivity contribution < 1.29 is 4.79 Å². The quantitative estimate of drug-likeness (QED) is 0.929. The number of carbonyl (C=O) groups is 1. The molecule has 0 radical (unpaired) electrons. The van der Waals surface area contributed by atoms with Gasteiger partial charge in [0.25, 0.3) is 0 Å². The van der Waals surface area contributed by atoms with Gasteiger partial charge in [0.05, 0.1) is 5.54 Å². The van der Waals surface area contributed by atoms with E-state index < -0.39 is 5.54 Å². The molecule has 0 aliphatic heterocycles. The number of hydrogen-bond donors (Lipinski definition) is 1. The molecule has 2 nitrogen and oxygen atoms in total. The normalized spacial score (nSPS) is 13.8. The van der Waals surface area contributed by atoms with Crippen molar-refractivity contribution in [2.45, 2.75) is 18.9 Å². The van der Waals surface area contributed by atoms with E-state index >= 15 is 0 Å². The van der Waals surface area contributed by atoms with Crippen molar-refractivity contribution in [3.05, 3.63) is 70.7 Å². The van der Waals surface area contributed by atoms with Gasteiger partial charge >= 0.3 is 0 Å². The molecule has 0 amide bonds. The lowest BCUT2D eigenvalue weighted by molar-refractivity contribution is -0.123. The minimum Gasteiger partial charge on any atom is -0.315 e. The highest BCUT2D eigenvalue weighted by Crippen LogP contribution is 2.21. The first-order chi connectivity index (χ1) is 9.00. The first-order valence-corrected chi connectivity index (χ1v) is 6.50. The number of halogens is 1. The van der Waals surface area contributed by atoms with Gasteiger partial charge in [-0.15, -0.1) is 0 Å². The Morgan fingerprint density at radius 3 is 2.26 bits per heavy atom. The molecule has 0 aromatic heterocycles. The fourth-order valence-corrected chi connectivity index (χ4v) is 2.04. The van der Waals surface area contributed by atoms with Gasteiger partial charge < -0.3 is 5.73 Å². The summed E-state index contributed by atoms with van der Waals surface area (Å²) in [5, 5.41) is 0.662. The molecular formula is C16H16ClNO. The third-order valence-corrected chi connectivity index (χ3v) is 3.48. The maximum Gasteiger partial charge on any atom is 0.161 e. The molecule has 0 aliphatic carbocycles. The van der Waals surface area contributed by atoms with E-state index in [1.165, 1.54) is 0 Å². The Kier molecular flexibility index (Phi) is 4.03. The van der Waals surface area contributed by atoms with Crippen molar-refractivity contribution in [1.29, 1.82) is 0 Å². The van der Waals surface area contributed by atoms with Crippen LogP contribution in [-0.4, -0.2) is 5.78 Å². The van der Waals surface area contributed by atoms with Crippen LogP contribution in [0.3, 0.4) is 0 Å². The maximum absolute atomic E-state index is 12.4. The van der Waals surface area contributed by atoms with Crippen molar-refractivity contribution in [1.82, 2.24) is 0 Å². The second kappa shape index (κ2) is 5.55. The number of ketones is 1. The molecule has 0 aliphatic rings. The molecule has 3 heteroatoms. The van der Waals surface area contributed by atoms with Crippen LogP contribution in [0.15, 0.2) is 54.6 Å². The van der Waals surface area contributed by atoms with E-state index in [1.807, 2.05) is 42.5 Å².